The summed E-state index contributed by atoms with van der Waals surface area (Å²) in [4.78, 5) is 0. The molecule has 0 nitrogen and oxygen atoms in total. The highest BCUT2D eigenvalue weighted by molar-refractivity contribution is 4.97. The van der Waals surface area contributed by atoms with Crippen molar-refractivity contribution in [3.63, 3.8) is 0 Å². The van der Waals surface area contributed by atoms with E-state index in [0.717, 1.165) is 24.2 Å². The summed E-state index contributed by atoms with van der Waals surface area (Å²) in [5.41, 5.74) is 0. The molecule has 1 rings (SSSR count). The highest BCUT2D eigenvalue weighted by atomic mass is 14.3. The summed E-state index contributed by atoms with van der Waals surface area (Å²) in [6, 6.07) is 0. The van der Waals surface area contributed by atoms with Crippen LogP contribution in [-0.4, -0.2) is 0 Å². The highest BCUT2D eigenvalue weighted by Crippen LogP contribution is 2.35. The third-order valence-electron chi connectivity index (χ3n) is 3.51. The quantitative estimate of drug-likeness (QED) is 0.563. The second kappa shape index (κ2) is 5.32. The molecule has 1 aliphatic rings. The molecule has 1 fully saturated rings. The minimum atomic E-state index is 0.808. The van der Waals surface area contributed by atoms with E-state index >= 15 is 0 Å². The van der Waals surface area contributed by atoms with E-state index in [9.17, 15) is 0 Å². The fourth-order valence-electron chi connectivity index (χ4n) is 2.60. The summed E-state index contributed by atoms with van der Waals surface area (Å²) >= 11 is 0. The molecular formula is C13H22. The zero-order valence-electron chi connectivity index (χ0n) is 9.27. The Hall–Kier alpha value is -0.440. The molecule has 0 saturated heterocycles. The van der Waals surface area contributed by atoms with Crippen molar-refractivity contribution in [2.24, 2.45) is 17.8 Å². The van der Waals surface area contributed by atoms with E-state index in [1.165, 1.54) is 25.7 Å². The van der Waals surface area contributed by atoms with Gasteiger partial charge in [0.15, 0.2) is 0 Å². The molecule has 0 aromatic rings. The Labute approximate surface area is 83.1 Å². The van der Waals surface area contributed by atoms with E-state index in [-0.39, 0.29) is 0 Å². The van der Waals surface area contributed by atoms with E-state index in [2.05, 4.69) is 25.7 Å². The van der Waals surface area contributed by atoms with Gasteiger partial charge >= 0.3 is 0 Å². The molecule has 0 heteroatoms. The fraction of sp³-hybridized carbons (Fsp3) is 0.846. The molecule has 13 heavy (non-hydrogen) atoms. The average Bonchev–Trinajstić information content (AvgIpc) is 2.15. The Morgan fingerprint density at radius 2 is 2.00 bits per heavy atom. The van der Waals surface area contributed by atoms with Gasteiger partial charge in [0.2, 0.25) is 0 Å². The summed E-state index contributed by atoms with van der Waals surface area (Å²) in [6.07, 6.45) is 6.87. The Bertz CT molecular complexity index is 194. The Morgan fingerprint density at radius 1 is 1.31 bits per heavy atom. The van der Waals surface area contributed by atoms with Crippen LogP contribution in [0, 0.1) is 29.6 Å². The normalized spacial score (nSPS) is 30.4. The molecule has 0 aromatic heterocycles. The number of rotatable bonds is 2. The van der Waals surface area contributed by atoms with Crippen molar-refractivity contribution < 1.29 is 0 Å². The van der Waals surface area contributed by atoms with Gasteiger partial charge < -0.3 is 0 Å². The van der Waals surface area contributed by atoms with Crippen LogP contribution in [0.15, 0.2) is 0 Å². The maximum absolute atomic E-state index is 3.22. The molecule has 0 spiro atoms. The Kier molecular flexibility index (Phi) is 4.36. The van der Waals surface area contributed by atoms with Crippen LogP contribution in [0.3, 0.4) is 0 Å². The molecule has 0 bridgehead atoms. The molecule has 0 radical (unpaired) electrons. The van der Waals surface area contributed by atoms with Gasteiger partial charge in [0, 0.05) is 6.42 Å². The first-order valence-electron chi connectivity index (χ1n) is 5.65. The van der Waals surface area contributed by atoms with Crippen molar-refractivity contribution >= 4 is 0 Å². The summed E-state index contributed by atoms with van der Waals surface area (Å²) in [7, 11) is 0. The van der Waals surface area contributed by atoms with Crippen molar-refractivity contribution in [1.29, 1.82) is 0 Å². The van der Waals surface area contributed by atoms with Crippen LogP contribution < -0.4 is 0 Å². The first-order valence-corrected chi connectivity index (χ1v) is 5.65. The second-order valence-corrected chi connectivity index (χ2v) is 4.53. The molecule has 0 amide bonds. The molecule has 3 unspecified atom stereocenters. The SMILES string of the molecule is CC#CCC(C)C1CCCCC1C. The lowest BCUT2D eigenvalue weighted by atomic mass is 9.73. The minimum Gasteiger partial charge on any atom is -0.107 e. The van der Waals surface area contributed by atoms with Gasteiger partial charge in [-0.2, -0.15) is 0 Å². The van der Waals surface area contributed by atoms with E-state index in [4.69, 9.17) is 0 Å². The summed E-state index contributed by atoms with van der Waals surface area (Å²) in [5.74, 6) is 8.90. The van der Waals surface area contributed by atoms with Gasteiger partial charge in [0.25, 0.3) is 0 Å². The van der Waals surface area contributed by atoms with Crippen LogP contribution in [-0.2, 0) is 0 Å². The maximum Gasteiger partial charge on any atom is 0.0117 e. The van der Waals surface area contributed by atoms with Crippen LogP contribution in [0.1, 0.15) is 52.9 Å². The van der Waals surface area contributed by atoms with E-state index in [0.29, 0.717) is 0 Å². The van der Waals surface area contributed by atoms with Gasteiger partial charge in [-0.05, 0) is 31.1 Å². The van der Waals surface area contributed by atoms with Gasteiger partial charge in [0.05, 0.1) is 0 Å². The van der Waals surface area contributed by atoms with Crippen molar-refractivity contribution in [2.45, 2.75) is 52.9 Å². The second-order valence-electron chi connectivity index (χ2n) is 4.53. The van der Waals surface area contributed by atoms with Crippen molar-refractivity contribution in [2.75, 3.05) is 0 Å². The van der Waals surface area contributed by atoms with Gasteiger partial charge in [-0.25, -0.2) is 0 Å². The summed E-state index contributed by atoms with van der Waals surface area (Å²) < 4.78 is 0. The zero-order chi connectivity index (χ0) is 9.68. The summed E-state index contributed by atoms with van der Waals surface area (Å²) in [5, 5.41) is 0. The van der Waals surface area contributed by atoms with Crippen molar-refractivity contribution in [1.82, 2.24) is 0 Å². The molecular weight excluding hydrogens is 156 g/mol. The largest absolute Gasteiger partial charge is 0.107 e. The highest BCUT2D eigenvalue weighted by Gasteiger charge is 2.25. The molecule has 3 atom stereocenters. The topological polar surface area (TPSA) is 0 Å². The first kappa shape index (κ1) is 10.6. The van der Waals surface area contributed by atoms with Crippen molar-refractivity contribution in [3.05, 3.63) is 0 Å². The number of hydrogen-bond acceptors (Lipinski definition) is 0. The van der Waals surface area contributed by atoms with Crippen LogP contribution >= 0.6 is 0 Å². The molecule has 0 N–H and O–H groups in total. The lowest BCUT2D eigenvalue weighted by Gasteiger charge is -2.32. The van der Waals surface area contributed by atoms with Gasteiger partial charge in [0.1, 0.15) is 0 Å². The van der Waals surface area contributed by atoms with Gasteiger partial charge in [-0.3, -0.25) is 0 Å². The Morgan fingerprint density at radius 3 is 2.62 bits per heavy atom. The van der Waals surface area contributed by atoms with Crippen LogP contribution in [0.25, 0.3) is 0 Å². The molecule has 1 aliphatic carbocycles. The smallest absolute Gasteiger partial charge is 0.0117 e. The number of hydrogen-bond donors (Lipinski definition) is 0. The summed E-state index contributed by atoms with van der Waals surface area (Å²) in [6.45, 7) is 6.73. The molecule has 0 aromatic carbocycles. The van der Waals surface area contributed by atoms with Crippen molar-refractivity contribution in [3.8, 4) is 11.8 Å². The Balaban J connectivity index is 2.41. The van der Waals surface area contributed by atoms with Gasteiger partial charge in [-0.15, -0.1) is 11.8 Å². The first-order chi connectivity index (χ1) is 6.25. The van der Waals surface area contributed by atoms with Crippen LogP contribution in [0.5, 0.6) is 0 Å². The zero-order valence-corrected chi connectivity index (χ0v) is 9.27. The fourth-order valence-corrected chi connectivity index (χ4v) is 2.60. The van der Waals surface area contributed by atoms with Crippen LogP contribution in [0.2, 0.25) is 0 Å². The lowest BCUT2D eigenvalue weighted by molar-refractivity contribution is 0.187. The molecule has 0 heterocycles. The predicted molar refractivity (Wildman–Crippen MR) is 58.4 cm³/mol. The third-order valence-corrected chi connectivity index (χ3v) is 3.51. The van der Waals surface area contributed by atoms with Gasteiger partial charge in [-0.1, -0.05) is 33.1 Å². The van der Waals surface area contributed by atoms with Crippen LogP contribution in [0.4, 0.5) is 0 Å². The van der Waals surface area contributed by atoms with E-state index in [1.54, 1.807) is 0 Å². The third kappa shape index (κ3) is 3.07. The molecule has 0 aliphatic heterocycles. The monoisotopic (exact) mass is 178 g/mol. The van der Waals surface area contributed by atoms with E-state index in [1.807, 2.05) is 6.92 Å². The average molecular weight is 178 g/mol. The minimum absolute atomic E-state index is 0.808. The standard InChI is InChI=1S/C13H22/c1-4-5-8-11(2)13-10-7-6-9-12(13)3/h11-13H,6-10H2,1-3H3. The van der Waals surface area contributed by atoms with E-state index < -0.39 is 0 Å². The molecule has 1 saturated carbocycles. The predicted octanol–water partition coefficient (Wildman–Crippen LogP) is 3.86. The lowest BCUT2D eigenvalue weighted by Crippen LogP contribution is -2.23. The molecule has 74 valence electrons. The maximum atomic E-state index is 3.22.